The van der Waals surface area contributed by atoms with Crippen LogP contribution in [0.4, 0.5) is 0 Å². The van der Waals surface area contributed by atoms with E-state index in [2.05, 4.69) is 0 Å². The fraction of sp³-hybridized carbons (Fsp3) is 1.00. The highest BCUT2D eigenvalue weighted by Gasteiger charge is 2.65. The van der Waals surface area contributed by atoms with Crippen LogP contribution in [0.2, 0.25) is 0 Å². The highest BCUT2D eigenvalue weighted by molar-refractivity contribution is 7.87. The smallest absolute Gasteiger partial charge is 0.287 e. The first-order chi connectivity index (χ1) is 16.9. The Kier molecular flexibility index (Phi) is 8.16. The molecule has 0 aromatic heterocycles. The molecule has 4 rings (SSSR count). The number of rotatable bonds is 8. The molecule has 210 valence electrons. The summed E-state index contributed by atoms with van der Waals surface area (Å²) in [5.41, 5.74) is 0. The third-order valence-corrected chi connectivity index (χ3v) is 12.4. The summed E-state index contributed by atoms with van der Waals surface area (Å²) in [7, 11) is -7.76. The summed E-state index contributed by atoms with van der Waals surface area (Å²) in [5.74, 6) is 0. The van der Waals surface area contributed by atoms with Gasteiger partial charge in [-0.1, -0.05) is 27.7 Å². The van der Waals surface area contributed by atoms with Crippen molar-refractivity contribution in [2.24, 2.45) is 0 Å². The highest BCUT2D eigenvalue weighted by Crippen LogP contribution is 2.45. The van der Waals surface area contributed by atoms with Crippen LogP contribution in [-0.4, -0.2) is 95.7 Å². The van der Waals surface area contributed by atoms with Crippen LogP contribution in [0.15, 0.2) is 0 Å². The van der Waals surface area contributed by atoms with Crippen molar-refractivity contribution in [3.05, 3.63) is 0 Å². The minimum absolute atomic E-state index is 0.335. The number of hydrogen-bond acceptors (Lipinski definition) is 8. The van der Waals surface area contributed by atoms with E-state index in [1.807, 2.05) is 55.4 Å². The molecule has 4 saturated heterocycles. The van der Waals surface area contributed by atoms with Gasteiger partial charge in [0.2, 0.25) is 12.6 Å². The molecule has 0 aromatic carbocycles. The van der Waals surface area contributed by atoms with Gasteiger partial charge in [0.05, 0.1) is 0 Å². The number of ether oxygens (including phenoxy) is 4. The van der Waals surface area contributed by atoms with E-state index in [1.165, 1.54) is 17.2 Å². The van der Waals surface area contributed by atoms with Gasteiger partial charge in [-0.05, 0) is 53.4 Å². The zero-order valence-electron chi connectivity index (χ0n) is 22.5. The van der Waals surface area contributed by atoms with Gasteiger partial charge in [0, 0.05) is 24.2 Å². The lowest BCUT2D eigenvalue weighted by atomic mass is 10.2. The second-order valence-electron chi connectivity index (χ2n) is 10.2. The van der Waals surface area contributed by atoms with Crippen molar-refractivity contribution in [1.82, 2.24) is 17.2 Å². The van der Waals surface area contributed by atoms with Crippen LogP contribution in [0.3, 0.4) is 0 Å². The molecule has 36 heavy (non-hydrogen) atoms. The van der Waals surface area contributed by atoms with E-state index >= 15 is 0 Å². The molecular formula is C22H42N4O8S2. The molecule has 0 bridgehead atoms. The van der Waals surface area contributed by atoms with Crippen molar-refractivity contribution in [3.8, 4) is 0 Å². The van der Waals surface area contributed by atoms with E-state index in [0.717, 1.165) is 0 Å². The van der Waals surface area contributed by atoms with Gasteiger partial charge < -0.3 is 18.9 Å². The highest BCUT2D eigenvalue weighted by atomic mass is 32.2. The van der Waals surface area contributed by atoms with Gasteiger partial charge in [-0.3, -0.25) is 0 Å². The quantitative estimate of drug-likeness (QED) is 0.447. The van der Waals surface area contributed by atoms with Crippen molar-refractivity contribution in [1.29, 1.82) is 0 Å². The minimum atomic E-state index is -3.88. The van der Waals surface area contributed by atoms with Gasteiger partial charge >= 0.3 is 0 Å². The SMILES string of the molecule is CC[C@@H](C)N1[C@@H]2OC3O[C@@H]4[C@H](OC3O[C@@H]2N([C@@H](C)CC)S1(=O)=O)N([C@H](C)CC)S(=O)(=O)N4[C@@H](C)CC. The normalized spacial score (nSPS) is 40.2. The monoisotopic (exact) mass is 554 g/mol. The van der Waals surface area contributed by atoms with E-state index in [0.29, 0.717) is 25.7 Å². The standard InChI is InChI=1S/C22H42N4O8S2/c1-9-13(5)23-17-18(24(14(6)10-2)35(23,27)28)32-22-21(31-17)33-19-20(34-22)26(16(8)12-4)36(29,30)25(19)15(7)11-3/h13-22H,9-12H2,1-8H3/t13-,14+,15+,16-,17-,18+,19-,20+,21?,22?. The predicted molar refractivity (Wildman–Crippen MR) is 131 cm³/mol. The van der Waals surface area contributed by atoms with E-state index < -0.39 is 57.9 Å². The van der Waals surface area contributed by atoms with Gasteiger partial charge in [-0.15, -0.1) is 0 Å². The third-order valence-electron chi connectivity index (χ3n) is 7.97. The van der Waals surface area contributed by atoms with Crippen LogP contribution in [0.25, 0.3) is 0 Å². The van der Waals surface area contributed by atoms with E-state index in [9.17, 15) is 16.8 Å². The molecule has 4 fully saturated rings. The topological polar surface area (TPSA) is 118 Å². The van der Waals surface area contributed by atoms with Crippen LogP contribution in [0.1, 0.15) is 81.1 Å². The summed E-state index contributed by atoms with van der Waals surface area (Å²) in [6, 6.07) is -1.34. The zero-order valence-corrected chi connectivity index (χ0v) is 24.1. The lowest BCUT2D eigenvalue weighted by Gasteiger charge is -2.47. The third kappa shape index (κ3) is 4.25. The first kappa shape index (κ1) is 28.6. The van der Waals surface area contributed by atoms with Crippen molar-refractivity contribution in [3.63, 3.8) is 0 Å². The van der Waals surface area contributed by atoms with Crippen LogP contribution in [-0.2, 0) is 39.4 Å². The zero-order chi connectivity index (χ0) is 26.7. The van der Waals surface area contributed by atoms with Crippen molar-refractivity contribution >= 4 is 20.4 Å². The second-order valence-corrected chi connectivity index (χ2v) is 13.7. The summed E-state index contributed by atoms with van der Waals surface area (Å²) < 4.78 is 84.9. The molecule has 0 amide bonds. The number of hydrogen-bond donors (Lipinski definition) is 0. The van der Waals surface area contributed by atoms with Crippen molar-refractivity contribution < 1.29 is 35.8 Å². The Morgan fingerprint density at radius 2 is 0.694 bits per heavy atom. The summed E-state index contributed by atoms with van der Waals surface area (Å²) in [6.45, 7) is 15.0. The van der Waals surface area contributed by atoms with Crippen LogP contribution < -0.4 is 0 Å². The van der Waals surface area contributed by atoms with Gasteiger partial charge in [0.1, 0.15) is 0 Å². The Morgan fingerprint density at radius 1 is 0.500 bits per heavy atom. The molecule has 0 saturated carbocycles. The molecule has 0 aliphatic carbocycles. The average molecular weight is 555 g/mol. The largest absolute Gasteiger partial charge is 0.324 e. The molecule has 12 nitrogen and oxygen atoms in total. The van der Waals surface area contributed by atoms with Gasteiger partial charge in [0.25, 0.3) is 20.4 Å². The number of nitrogens with zero attached hydrogens (tertiary/aromatic N) is 4. The van der Waals surface area contributed by atoms with Crippen LogP contribution >= 0.6 is 0 Å². The molecule has 4 heterocycles. The lowest BCUT2D eigenvalue weighted by Crippen LogP contribution is -2.64. The summed E-state index contributed by atoms with van der Waals surface area (Å²) in [4.78, 5) is 0. The van der Waals surface area contributed by atoms with Gasteiger partial charge in [0.15, 0.2) is 24.9 Å². The number of fused-ring (bicyclic) bond motifs is 3. The fourth-order valence-electron chi connectivity index (χ4n) is 5.26. The Bertz CT molecular complexity index is 870. The van der Waals surface area contributed by atoms with Gasteiger partial charge in [-0.2, -0.15) is 34.1 Å². The average Bonchev–Trinajstić information content (AvgIpc) is 3.20. The lowest BCUT2D eigenvalue weighted by molar-refractivity contribution is -0.443. The molecule has 2 unspecified atom stereocenters. The maximum absolute atomic E-state index is 13.6. The maximum atomic E-state index is 13.6. The molecule has 10 atom stereocenters. The predicted octanol–water partition coefficient (Wildman–Crippen LogP) is 1.96. The minimum Gasteiger partial charge on any atom is -0.324 e. The molecule has 0 N–H and O–H groups in total. The van der Waals surface area contributed by atoms with E-state index in [4.69, 9.17) is 18.9 Å². The Morgan fingerprint density at radius 3 is 0.861 bits per heavy atom. The van der Waals surface area contributed by atoms with Crippen LogP contribution in [0, 0.1) is 0 Å². The first-order valence-electron chi connectivity index (χ1n) is 13.1. The molecule has 4 aliphatic heterocycles. The maximum Gasteiger partial charge on any atom is 0.287 e. The van der Waals surface area contributed by atoms with Crippen LogP contribution in [0.5, 0.6) is 0 Å². The summed E-state index contributed by atoms with van der Waals surface area (Å²) >= 11 is 0. The summed E-state index contributed by atoms with van der Waals surface area (Å²) in [5, 5.41) is 0. The molecule has 0 aromatic rings. The summed E-state index contributed by atoms with van der Waals surface area (Å²) in [6.07, 6.45) is -3.63. The molecule has 0 radical (unpaired) electrons. The molecule has 14 heteroatoms. The molecule has 0 spiro atoms. The van der Waals surface area contributed by atoms with Crippen molar-refractivity contribution in [2.45, 2.75) is 143 Å². The molecular weight excluding hydrogens is 512 g/mol. The van der Waals surface area contributed by atoms with Crippen molar-refractivity contribution in [2.75, 3.05) is 0 Å². The first-order valence-corrected chi connectivity index (χ1v) is 15.9. The Hall–Kier alpha value is -0.420. The van der Waals surface area contributed by atoms with Gasteiger partial charge in [-0.25, -0.2) is 0 Å². The molecule has 4 aliphatic rings. The fourth-order valence-corrected chi connectivity index (χ4v) is 9.77. The Labute approximate surface area is 216 Å². The Balaban J connectivity index is 1.71. The second kappa shape index (κ2) is 10.3. The van der Waals surface area contributed by atoms with E-state index in [1.54, 1.807) is 0 Å². The van der Waals surface area contributed by atoms with E-state index in [-0.39, 0.29) is 24.2 Å².